The molecule has 0 heterocycles. The van der Waals surface area contributed by atoms with E-state index in [1.54, 1.807) is 0 Å². The topological polar surface area (TPSA) is 9.23 Å². The second kappa shape index (κ2) is 4.00. The molecule has 0 aromatic heterocycles. The minimum atomic E-state index is 0.883. The highest BCUT2D eigenvalue weighted by Crippen LogP contribution is 2.47. The molecule has 3 unspecified atom stereocenters. The van der Waals surface area contributed by atoms with Gasteiger partial charge in [-0.25, -0.2) is 0 Å². The van der Waals surface area contributed by atoms with Crippen molar-refractivity contribution < 1.29 is 4.74 Å². The van der Waals surface area contributed by atoms with Gasteiger partial charge in [-0.2, -0.15) is 0 Å². The largest absolute Gasteiger partial charge is 0.384 e. The lowest BCUT2D eigenvalue weighted by molar-refractivity contribution is 0.0757. The average molecular weight is 182 g/mol. The molecule has 0 N–H and O–H groups in total. The van der Waals surface area contributed by atoms with Crippen molar-refractivity contribution in [1.29, 1.82) is 0 Å². The van der Waals surface area contributed by atoms with Crippen molar-refractivity contribution in [3.63, 3.8) is 0 Å². The van der Waals surface area contributed by atoms with Crippen LogP contribution in [-0.4, -0.2) is 13.7 Å². The summed E-state index contributed by atoms with van der Waals surface area (Å²) in [5.41, 5.74) is 0. The van der Waals surface area contributed by atoms with E-state index in [-0.39, 0.29) is 0 Å². The van der Waals surface area contributed by atoms with Crippen LogP contribution in [0, 0.1) is 23.7 Å². The molecule has 1 heteroatoms. The number of hydrogen-bond acceptors (Lipinski definition) is 1. The minimum Gasteiger partial charge on any atom is -0.384 e. The van der Waals surface area contributed by atoms with E-state index in [4.69, 9.17) is 4.74 Å². The number of hydrogen-bond donors (Lipinski definition) is 0. The van der Waals surface area contributed by atoms with Gasteiger partial charge in [0.25, 0.3) is 0 Å². The van der Waals surface area contributed by atoms with Crippen LogP contribution in [0.3, 0.4) is 0 Å². The third-order valence-corrected chi connectivity index (χ3v) is 4.12. The Labute approximate surface area is 81.9 Å². The lowest BCUT2D eigenvalue weighted by atomic mass is 9.74. The summed E-state index contributed by atoms with van der Waals surface area (Å²) >= 11 is 0. The zero-order valence-electron chi connectivity index (χ0n) is 8.96. The number of methoxy groups -OCH3 is 1. The molecular weight excluding hydrogens is 160 g/mol. The standard InChI is InChI=1S/C12H22O/c1-9-6-10-4-3-5-11(8-13-2)12(10)7-9/h9-12H,3-8H2,1-2H3/t9-,10?,11?,12?/m0/s1. The van der Waals surface area contributed by atoms with Gasteiger partial charge in [0.2, 0.25) is 0 Å². The van der Waals surface area contributed by atoms with Crippen molar-refractivity contribution in [2.45, 2.75) is 39.0 Å². The van der Waals surface area contributed by atoms with Crippen molar-refractivity contribution in [3.05, 3.63) is 0 Å². The maximum Gasteiger partial charge on any atom is 0.0493 e. The highest BCUT2D eigenvalue weighted by Gasteiger charge is 2.39. The summed E-state index contributed by atoms with van der Waals surface area (Å²) in [4.78, 5) is 0. The molecule has 2 saturated carbocycles. The van der Waals surface area contributed by atoms with Gasteiger partial charge < -0.3 is 4.74 Å². The van der Waals surface area contributed by atoms with Crippen molar-refractivity contribution in [2.75, 3.05) is 13.7 Å². The lowest BCUT2D eigenvalue weighted by Crippen LogP contribution is -2.27. The Balaban J connectivity index is 1.97. The molecule has 0 aliphatic heterocycles. The fraction of sp³-hybridized carbons (Fsp3) is 1.00. The number of fused-ring (bicyclic) bond motifs is 1. The van der Waals surface area contributed by atoms with Crippen LogP contribution >= 0.6 is 0 Å². The summed E-state index contributed by atoms with van der Waals surface area (Å²) in [6.45, 7) is 3.43. The van der Waals surface area contributed by atoms with E-state index < -0.39 is 0 Å². The fourth-order valence-corrected chi connectivity index (χ4v) is 3.63. The number of ether oxygens (including phenoxy) is 1. The van der Waals surface area contributed by atoms with E-state index in [2.05, 4.69) is 6.92 Å². The summed E-state index contributed by atoms with van der Waals surface area (Å²) in [5, 5.41) is 0. The van der Waals surface area contributed by atoms with Gasteiger partial charge >= 0.3 is 0 Å². The summed E-state index contributed by atoms with van der Waals surface area (Å²) < 4.78 is 5.32. The maximum absolute atomic E-state index is 5.32. The van der Waals surface area contributed by atoms with Crippen LogP contribution in [-0.2, 0) is 4.74 Å². The summed E-state index contributed by atoms with van der Waals surface area (Å²) in [6.07, 6.45) is 7.32. The quantitative estimate of drug-likeness (QED) is 0.637. The first kappa shape index (κ1) is 9.51. The molecule has 0 amide bonds. The Kier molecular flexibility index (Phi) is 2.92. The van der Waals surface area contributed by atoms with E-state index in [0.717, 1.165) is 30.3 Å². The number of rotatable bonds is 2. The predicted molar refractivity (Wildman–Crippen MR) is 54.6 cm³/mol. The smallest absolute Gasteiger partial charge is 0.0493 e. The molecule has 2 aliphatic rings. The van der Waals surface area contributed by atoms with Gasteiger partial charge in [-0.15, -0.1) is 0 Å². The zero-order chi connectivity index (χ0) is 9.26. The second-order valence-electron chi connectivity index (χ2n) is 5.15. The van der Waals surface area contributed by atoms with E-state index >= 15 is 0 Å². The van der Waals surface area contributed by atoms with E-state index in [0.29, 0.717) is 0 Å². The summed E-state index contributed by atoms with van der Waals surface area (Å²) in [5.74, 6) is 3.91. The first-order chi connectivity index (χ1) is 6.31. The Hall–Kier alpha value is -0.0400. The third-order valence-electron chi connectivity index (χ3n) is 4.12. The average Bonchev–Trinajstić information content (AvgIpc) is 2.47. The van der Waals surface area contributed by atoms with Crippen LogP contribution in [0.25, 0.3) is 0 Å². The van der Waals surface area contributed by atoms with Crippen molar-refractivity contribution >= 4 is 0 Å². The molecule has 2 fully saturated rings. The molecule has 0 spiro atoms. The van der Waals surface area contributed by atoms with E-state index in [1.807, 2.05) is 7.11 Å². The molecule has 13 heavy (non-hydrogen) atoms. The van der Waals surface area contributed by atoms with Crippen molar-refractivity contribution in [2.24, 2.45) is 23.7 Å². The van der Waals surface area contributed by atoms with Crippen LogP contribution < -0.4 is 0 Å². The van der Waals surface area contributed by atoms with Gasteiger partial charge in [-0.3, -0.25) is 0 Å². The molecule has 0 radical (unpaired) electrons. The van der Waals surface area contributed by atoms with Crippen LogP contribution in [0.4, 0.5) is 0 Å². The Morgan fingerprint density at radius 1 is 1.23 bits per heavy atom. The molecule has 0 aromatic rings. The van der Waals surface area contributed by atoms with Gasteiger partial charge in [-0.1, -0.05) is 19.8 Å². The monoisotopic (exact) mass is 182 g/mol. The molecule has 0 bridgehead atoms. The molecule has 4 atom stereocenters. The minimum absolute atomic E-state index is 0.883. The third kappa shape index (κ3) is 1.90. The van der Waals surface area contributed by atoms with Gasteiger partial charge in [-0.05, 0) is 42.9 Å². The highest BCUT2D eigenvalue weighted by molar-refractivity contribution is 4.89. The predicted octanol–water partition coefficient (Wildman–Crippen LogP) is 3.10. The van der Waals surface area contributed by atoms with Crippen LogP contribution in [0.2, 0.25) is 0 Å². The molecule has 1 nitrogen and oxygen atoms in total. The van der Waals surface area contributed by atoms with E-state index in [1.165, 1.54) is 32.1 Å². The van der Waals surface area contributed by atoms with Crippen LogP contribution in [0.1, 0.15) is 39.0 Å². The van der Waals surface area contributed by atoms with Crippen molar-refractivity contribution in [3.8, 4) is 0 Å². The zero-order valence-corrected chi connectivity index (χ0v) is 8.96. The normalized spacial score (nSPS) is 44.8. The maximum atomic E-state index is 5.32. The lowest BCUT2D eigenvalue weighted by Gasteiger charge is -2.33. The second-order valence-corrected chi connectivity index (χ2v) is 5.15. The highest BCUT2D eigenvalue weighted by atomic mass is 16.5. The van der Waals surface area contributed by atoms with E-state index in [9.17, 15) is 0 Å². The Bertz CT molecular complexity index is 165. The van der Waals surface area contributed by atoms with Crippen LogP contribution in [0.15, 0.2) is 0 Å². The summed E-state index contributed by atoms with van der Waals surface area (Å²) in [6, 6.07) is 0. The molecule has 2 rings (SSSR count). The van der Waals surface area contributed by atoms with Crippen LogP contribution in [0.5, 0.6) is 0 Å². The molecule has 2 aliphatic carbocycles. The molecular formula is C12H22O. The van der Waals surface area contributed by atoms with Crippen molar-refractivity contribution in [1.82, 2.24) is 0 Å². The fourth-order valence-electron chi connectivity index (χ4n) is 3.63. The Morgan fingerprint density at radius 3 is 2.85 bits per heavy atom. The van der Waals surface area contributed by atoms with Gasteiger partial charge in [0.05, 0.1) is 0 Å². The molecule has 0 saturated heterocycles. The van der Waals surface area contributed by atoms with Gasteiger partial charge in [0.1, 0.15) is 0 Å². The SMILES string of the molecule is COCC1CCCC2C[C@H](C)CC12. The molecule has 76 valence electrons. The van der Waals surface area contributed by atoms with Gasteiger partial charge in [0, 0.05) is 13.7 Å². The summed E-state index contributed by atoms with van der Waals surface area (Å²) in [7, 11) is 1.85. The van der Waals surface area contributed by atoms with Gasteiger partial charge in [0.15, 0.2) is 0 Å². The first-order valence-electron chi connectivity index (χ1n) is 5.80. The first-order valence-corrected chi connectivity index (χ1v) is 5.80. The molecule has 0 aromatic carbocycles. The Morgan fingerprint density at radius 2 is 2.08 bits per heavy atom.